The van der Waals surface area contributed by atoms with Crippen LogP contribution in [-0.4, -0.2) is 0 Å². The fourth-order valence-corrected chi connectivity index (χ4v) is 2.29. The van der Waals surface area contributed by atoms with Crippen LogP contribution in [0.4, 0.5) is 22.0 Å². The van der Waals surface area contributed by atoms with Gasteiger partial charge in [-0.3, -0.25) is 0 Å². The zero-order valence-electron chi connectivity index (χ0n) is 9.89. The smallest absolute Gasteiger partial charge is 0.204 e. The zero-order valence-corrected chi connectivity index (χ0v) is 11.5. The summed E-state index contributed by atoms with van der Waals surface area (Å²) in [6, 6.07) is 7.84. The van der Waals surface area contributed by atoms with E-state index in [-0.39, 0.29) is 0 Å². The van der Waals surface area contributed by atoms with Crippen LogP contribution in [0.1, 0.15) is 21.5 Å². The minimum atomic E-state index is -4.40. The van der Waals surface area contributed by atoms with Gasteiger partial charge in [0.2, 0.25) is 0 Å². The molecule has 0 bridgehead atoms. The van der Waals surface area contributed by atoms with Gasteiger partial charge in [0, 0.05) is 0 Å². The molecule has 2 aromatic rings. The molecule has 0 fully saturated rings. The molecule has 0 saturated heterocycles. The normalized spacial score (nSPS) is 13.3. The Morgan fingerprint density at radius 1 is 0.800 bits per heavy atom. The van der Waals surface area contributed by atoms with Crippen LogP contribution in [0, 0.1) is 11.6 Å². The maximum Gasteiger partial charge on any atom is 0.416 e. The molecule has 0 nitrogen and oxygen atoms in total. The summed E-state index contributed by atoms with van der Waals surface area (Å²) in [6.45, 7) is 0. The van der Waals surface area contributed by atoms with E-state index in [0.717, 1.165) is 24.3 Å². The molecular formula is C14H8BrF5. The Labute approximate surface area is 120 Å². The molecule has 2 rings (SSSR count). The van der Waals surface area contributed by atoms with Crippen LogP contribution < -0.4 is 0 Å². The first-order valence-corrected chi connectivity index (χ1v) is 6.47. The number of hydrogen-bond acceptors (Lipinski definition) is 0. The summed E-state index contributed by atoms with van der Waals surface area (Å²) in [5, 5.41) is 0. The molecule has 106 valence electrons. The highest BCUT2D eigenvalue weighted by atomic mass is 79.9. The standard InChI is InChI=1S/C14H8BrF5/c15-13(9-3-6-11(16)12(17)7-9)8-1-4-10(5-2-8)14(18,19)20/h1-7,13H. The molecule has 0 radical (unpaired) electrons. The van der Waals surface area contributed by atoms with Crippen LogP contribution in [-0.2, 0) is 6.18 Å². The average molecular weight is 351 g/mol. The van der Waals surface area contributed by atoms with E-state index in [2.05, 4.69) is 15.9 Å². The van der Waals surface area contributed by atoms with E-state index < -0.39 is 28.2 Å². The third-order valence-electron chi connectivity index (χ3n) is 2.77. The van der Waals surface area contributed by atoms with Crippen LogP contribution in [0.15, 0.2) is 42.5 Å². The number of halogens is 6. The third kappa shape index (κ3) is 3.17. The summed E-state index contributed by atoms with van der Waals surface area (Å²) in [6.07, 6.45) is -4.40. The third-order valence-corrected chi connectivity index (χ3v) is 3.82. The van der Waals surface area contributed by atoms with Gasteiger partial charge < -0.3 is 0 Å². The number of hydrogen-bond donors (Lipinski definition) is 0. The van der Waals surface area contributed by atoms with Gasteiger partial charge in [0.15, 0.2) is 11.6 Å². The van der Waals surface area contributed by atoms with Crippen molar-refractivity contribution in [2.75, 3.05) is 0 Å². The first-order valence-electron chi connectivity index (χ1n) is 5.55. The molecule has 1 unspecified atom stereocenters. The van der Waals surface area contributed by atoms with Crippen molar-refractivity contribution in [3.05, 3.63) is 70.8 Å². The molecule has 6 heteroatoms. The van der Waals surface area contributed by atoms with Gasteiger partial charge in [0.1, 0.15) is 0 Å². The van der Waals surface area contributed by atoms with E-state index in [1.54, 1.807) is 0 Å². The van der Waals surface area contributed by atoms with Crippen LogP contribution in [0.25, 0.3) is 0 Å². The van der Waals surface area contributed by atoms with Crippen molar-refractivity contribution in [1.82, 2.24) is 0 Å². The lowest BCUT2D eigenvalue weighted by atomic mass is 10.0. The average Bonchev–Trinajstić information content (AvgIpc) is 2.40. The van der Waals surface area contributed by atoms with Gasteiger partial charge in [0.05, 0.1) is 10.4 Å². The van der Waals surface area contributed by atoms with E-state index >= 15 is 0 Å². The largest absolute Gasteiger partial charge is 0.416 e. The number of rotatable bonds is 2. The minimum absolute atomic E-state index is 0.420. The van der Waals surface area contributed by atoms with Crippen LogP contribution in [0.2, 0.25) is 0 Å². The van der Waals surface area contributed by atoms with E-state index in [0.29, 0.717) is 11.1 Å². The fraction of sp³-hybridized carbons (Fsp3) is 0.143. The maximum absolute atomic E-state index is 13.1. The van der Waals surface area contributed by atoms with E-state index in [1.165, 1.54) is 18.2 Å². The second-order valence-electron chi connectivity index (χ2n) is 4.16. The summed E-state index contributed by atoms with van der Waals surface area (Å²) in [5.41, 5.74) is 0.180. The summed E-state index contributed by atoms with van der Waals surface area (Å²) in [7, 11) is 0. The Kier molecular flexibility index (Phi) is 4.13. The number of benzene rings is 2. The van der Waals surface area contributed by atoms with Crippen LogP contribution >= 0.6 is 15.9 Å². The molecule has 0 saturated carbocycles. The first kappa shape index (κ1) is 15.0. The van der Waals surface area contributed by atoms with Gasteiger partial charge in [0.25, 0.3) is 0 Å². The van der Waals surface area contributed by atoms with Crippen LogP contribution in [0.5, 0.6) is 0 Å². The quantitative estimate of drug-likeness (QED) is 0.497. The van der Waals surface area contributed by atoms with E-state index in [9.17, 15) is 22.0 Å². The van der Waals surface area contributed by atoms with Gasteiger partial charge in [-0.1, -0.05) is 34.1 Å². The van der Waals surface area contributed by atoms with Gasteiger partial charge in [-0.25, -0.2) is 8.78 Å². The van der Waals surface area contributed by atoms with Gasteiger partial charge >= 0.3 is 6.18 Å². The first-order chi connectivity index (χ1) is 9.29. The highest BCUT2D eigenvalue weighted by Crippen LogP contribution is 2.34. The molecular weight excluding hydrogens is 343 g/mol. The lowest BCUT2D eigenvalue weighted by Crippen LogP contribution is -2.05. The topological polar surface area (TPSA) is 0 Å². The maximum atomic E-state index is 13.1. The Morgan fingerprint density at radius 3 is 1.85 bits per heavy atom. The predicted octanol–water partition coefficient (Wildman–Crippen LogP) is 5.47. The van der Waals surface area contributed by atoms with Crippen molar-refractivity contribution in [2.45, 2.75) is 11.0 Å². The Morgan fingerprint density at radius 2 is 1.35 bits per heavy atom. The molecule has 0 N–H and O–H groups in total. The number of alkyl halides is 4. The summed E-state index contributed by atoms with van der Waals surface area (Å²) >= 11 is 3.26. The molecule has 1 atom stereocenters. The van der Waals surface area contributed by atoms with Crippen molar-refractivity contribution in [2.24, 2.45) is 0 Å². The highest BCUT2D eigenvalue weighted by Gasteiger charge is 2.30. The van der Waals surface area contributed by atoms with Crippen LogP contribution in [0.3, 0.4) is 0 Å². The Balaban J connectivity index is 2.29. The lowest BCUT2D eigenvalue weighted by Gasteiger charge is -2.13. The minimum Gasteiger partial charge on any atom is -0.204 e. The SMILES string of the molecule is Fc1ccc(C(Br)c2ccc(C(F)(F)F)cc2)cc1F. The molecule has 0 amide bonds. The second kappa shape index (κ2) is 5.52. The Bertz CT molecular complexity index is 604. The predicted molar refractivity (Wildman–Crippen MR) is 68.6 cm³/mol. The van der Waals surface area contributed by atoms with Crippen molar-refractivity contribution in [1.29, 1.82) is 0 Å². The molecule has 0 spiro atoms. The monoisotopic (exact) mass is 350 g/mol. The molecule has 0 aliphatic rings. The molecule has 0 aliphatic heterocycles. The Hall–Kier alpha value is -1.43. The van der Waals surface area contributed by atoms with E-state index in [4.69, 9.17) is 0 Å². The molecule has 20 heavy (non-hydrogen) atoms. The van der Waals surface area contributed by atoms with Crippen molar-refractivity contribution < 1.29 is 22.0 Å². The van der Waals surface area contributed by atoms with E-state index in [1.807, 2.05) is 0 Å². The zero-order chi connectivity index (χ0) is 14.9. The van der Waals surface area contributed by atoms with Gasteiger partial charge in [-0.05, 0) is 35.4 Å². The molecule has 2 aromatic carbocycles. The second-order valence-corrected chi connectivity index (χ2v) is 5.07. The van der Waals surface area contributed by atoms with Gasteiger partial charge in [-0.2, -0.15) is 13.2 Å². The van der Waals surface area contributed by atoms with Crippen molar-refractivity contribution in [3.8, 4) is 0 Å². The van der Waals surface area contributed by atoms with Crippen molar-refractivity contribution in [3.63, 3.8) is 0 Å². The fourth-order valence-electron chi connectivity index (χ4n) is 1.70. The molecule has 0 aliphatic carbocycles. The highest BCUT2D eigenvalue weighted by molar-refractivity contribution is 9.09. The lowest BCUT2D eigenvalue weighted by molar-refractivity contribution is -0.137. The van der Waals surface area contributed by atoms with Crippen molar-refractivity contribution >= 4 is 15.9 Å². The summed E-state index contributed by atoms with van der Waals surface area (Å²) in [4.78, 5) is -0.514. The molecule has 0 heterocycles. The molecule has 0 aromatic heterocycles. The summed E-state index contributed by atoms with van der Waals surface area (Å²) < 4.78 is 63.3. The summed E-state index contributed by atoms with van der Waals surface area (Å²) in [5.74, 6) is -1.97. The van der Waals surface area contributed by atoms with Gasteiger partial charge in [-0.15, -0.1) is 0 Å².